The number of para-hydroxylation sites is 1. The van der Waals surface area contributed by atoms with Crippen molar-refractivity contribution in [3.63, 3.8) is 0 Å². The van der Waals surface area contributed by atoms with E-state index in [1.165, 1.54) is 9.58 Å². The fraction of sp³-hybridized carbons (Fsp3) is 0.273. The molecule has 0 aliphatic rings. The standard InChI is InChI=1S/C22H23N3OS2/c1-15-11-18(16(2)25(15)12-17-7-6-10-27-17)20(26)13-24(3)14-22-23-19-8-4-5-9-21(19)28-22/h4-11H,12-14H2,1-3H3. The highest BCUT2D eigenvalue weighted by Crippen LogP contribution is 2.23. The van der Waals surface area contributed by atoms with Crippen molar-refractivity contribution >= 4 is 38.7 Å². The van der Waals surface area contributed by atoms with Crippen LogP contribution in [0.15, 0.2) is 47.8 Å². The van der Waals surface area contributed by atoms with E-state index in [0.717, 1.165) is 34.0 Å². The third-order valence-corrected chi connectivity index (χ3v) is 6.81. The van der Waals surface area contributed by atoms with Crippen LogP contribution >= 0.6 is 22.7 Å². The molecule has 28 heavy (non-hydrogen) atoms. The van der Waals surface area contributed by atoms with E-state index < -0.39 is 0 Å². The van der Waals surface area contributed by atoms with Crippen molar-refractivity contribution in [2.24, 2.45) is 0 Å². The van der Waals surface area contributed by atoms with Gasteiger partial charge in [-0.3, -0.25) is 9.69 Å². The van der Waals surface area contributed by atoms with Crippen molar-refractivity contribution in [1.29, 1.82) is 0 Å². The van der Waals surface area contributed by atoms with Gasteiger partial charge >= 0.3 is 0 Å². The molecular formula is C22H23N3OS2. The number of aryl methyl sites for hydroxylation is 1. The Balaban J connectivity index is 1.45. The number of likely N-dealkylation sites (N-methyl/N-ethyl adjacent to an activating group) is 1. The Kier molecular flexibility index (Phi) is 5.44. The Morgan fingerprint density at radius 1 is 1.18 bits per heavy atom. The van der Waals surface area contributed by atoms with E-state index in [1.54, 1.807) is 22.7 Å². The molecule has 0 N–H and O–H groups in total. The van der Waals surface area contributed by atoms with Crippen molar-refractivity contribution in [3.05, 3.63) is 74.7 Å². The first kappa shape index (κ1) is 19.1. The summed E-state index contributed by atoms with van der Waals surface area (Å²) in [4.78, 5) is 21.0. The number of nitrogens with zero attached hydrogens (tertiary/aromatic N) is 3. The Hall–Kier alpha value is -2.28. The van der Waals surface area contributed by atoms with Crippen molar-refractivity contribution in [2.75, 3.05) is 13.6 Å². The molecule has 0 unspecified atom stereocenters. The smallest absolute Gasteiger partial charge is 0.178 e. The molecule has 3 aromatic heterocycles. The average molecular weight is 410 g/mol. The number of ketones is 1. The number of rotatable bonds is 7. The van der Waals surface area contributed by atoms with Crippen molar-refractivity contribution in [2.45, 2.75) is 26.9 Å². The fourth-order valence-electron chi connectivity index (χ4n) is 3.49. The molecule has 144 valence electrons. The van der Waals surface area contributed by atoms with Crippen LogP contribution in [0.3, 0.4) is 0 Å². The molecule has 0 aliphatic carbocycles. The minimum Gasteiger partial charge on any atom is -0.343 e. The van der Waals surface area contributed by atoms with Crippen LogP contribution in [0.2, 0.25) is 0 Å². The van der Waals surface area contributed by atoms with Gasteiger partial charge < -0.3 is 4.57 Å². The van der Waals surface area contributed by atoms with E-state index in [4.69, 9.17) is 0 Å². The molecule has 0 aliphatic heterocycles. The molecule has 3 heterocycles. The van der Waals surface area contributed by atoms with Gasteiger partial charge in [-0.15, -0.1) is 22.7 Å². The number of carbonyl (C=O) groups excluding carboxylic acids is 1. The lowest BCUT2D eigenvalue weighted by Gasteiger charge is -2.14. The van der Waals surface area contributed by atoms with Crippen LogP contribution in [0.1, 0.15) is 31.6 Å². The van der Waals surface area contributed by atoms with Gasteiger partial charge in [-0.2, -0.15) is 0 Å². The molecule has 0 fully saturated rings. The number of thiazole rings is 1. The first-order valence-corrected chi connectivity index (χ1v) is 11.0. The predicted octanol–water partition coefficient (Wildman–Crippen LogP) is 5.14. The maximum absolute atomic E-state index is 12.9. The van der Waals surface area contributed by atoms with E-state index >= 15 is 0 Å². The van der Waals surface area contributed by atoms with Gasteiger partial charge in [0, 0.05) is 21.8 Å². The molecule has 0 spiro atoms. The number of thiophene rings is 1. The van der Waals surface area contributed by atoms with Crippen LogP contribution in [0.25, 0.3) is 10.2 Å². The second-order valence-electron chi connectivity index (χ2n) is 7.12. The number of aromatic nitrogens is 2. The zero-order valence-electron chi connectivity index (χ0n) is 16.3. The molecule has 0 atom stereocenters. The third-order valence-electron chi connectivity index (χ3n) is 4.92. The monoisotopic (exact) mass is 409 g/mol. The Morgan fingerprint density at radius 3 is 2.75 bits per heavy atom. The molecule has 4 aromatic rings. The van der Waals surface area contributed by atoms with Crippen LogP contribution in [-0.2, 0) is 13.1 Å². The van der Waals surface area contributed by atoms with E-state index in [0.29, 0.717) is 13.1 Å². The number of hydrogen-bond acceptors (Lipinski definition) is 5. The van der Waals surface area contributed by atoms with Gasteiger partial charge in [-0.25, -0.2) is 4.98 Å². The van der Waals surface area contributed by atoms with Gasteiger partial charge in [-0.05, 0) is 50.5 Å². The molecule has 4 rings (SSSR count). The average Bonchev–Trinajstić information content (AvgIpc) is 3.37. The summed E-state index contributed by atoms with van der Waals surface area (Å²) in [6, 6.07) is 14.4. The minimum absolute atomic E-state index is 0.161. The summed E-state index contributed by atoms with van der Waals surface area (Å²) in [6.07, 6.45) is 0. The van der Waals surface area contributed by atoms with Gasteiger partial charge in [0.25, 0.3) is 0 Å². The van der Waals surface area contributed by atoms with Crippen LogP contribution in [0.4, 0.5) is 0 Å². The molecule has 1 aromatic carbocycles. The Bertz CT molecular complexity index is 1080. The van der Waals surface area contributed by atoms with Crippen molar-refractivity contribution in [3.8, 4) is 0 Å². The van der Waals surface area contributed by atoms with E-state index in [-0.39, 0.29) is 5.78 Å². The van der Waals surface area contributed by atoms with Crippen LogP contribution in [0, 0.1) is 13.8 Å². The predicted molar refractivity (Wildman–Crippen MR) is 118 cm³/mol. The lowest BCUT2D eigenvalue weighted by molar-refractivity contribution is 0.0942. The van der Waals surface area contributed by atoms with Crippen molar-refractivity contribution < 1.29 is 4.79 Å². The first-order valence-electron chi connectivity index (χ1n) is 9.26. The highest BCUT2D eigenvalue weighted by molar-refractivity contribution is 7.18. The van der Waals surface area contributed by atoms with Gasteiger partial charge in [0.1, 0.15) is 5.01 Å². The number of carbonyl (C=O) groups is 1. The second kappa shape index (κ2) is 7.99. The Labute approximate surface area is 173 Å². The summed E-state index contributed by atoms with van der Waals surface area (Å²) < 4.78 is 3.42. The summed E-state index contributed by atoms with van der Waals surface area (Å²) >= 11 is 3.44. The van der Waals surface area contributed by atoms with Gasteiger partial charge in [0.05, 0.1) is 29.9 Å². The summed E-state index contributed by atoms with van der Waals surface area (Å²) in [5.41, 5.74) is 4.02. The molecule has 0 saturated carbocycles. The van der Waals surface area contributed by atoms with E-state index in [1.807, 2.05) is 43.1 Å². The SMILES string of the molecule is Cc1cc(C(=O)CN(C)Cc2nc3ccccc3s2)c(C)n1Cc1cccs1. The number of Topliss-reactive ketones (excluding diaryl/α,β-unsaturated/α-hetero) is 1. The quantitative estimate of drug-likeness (QED) is 0.397. The normalized spacial score (nSPS) is 11.6. The zero-order valence-corrected chi connectivity index (χ0v) is 17.9. The number of fused-ring (bicyclic) bond motifs is 1. The number of benzene rings is 1. The van der Waals surface area contributed by atoms with Crippen LogP contribution < -0.4 is 0 Å². The maximum atomic E-state index is 12.9. The number of hydrogen-bond donors (Lipinski definition) is 0. The third kappa shape index (κ3) is 3.94. The van der Waals surface area contributed by atoms with E-state index in [9.17, 15) is 4.79 Å². The van der Waals surface area contributed by atoms with Crippen LogP contribution in [-0.4, -0.2) is 33.8 Å². The topological polar surface area (TPSA) is 38.1 Å². The van der Waals surface area contributed by atoms with Gasteiger partial charge in [0.15, 0.2) is 5.78 Å². The van der Waals surface area contributed by atoms with Gasteiger partial charge in [0.2, 0.25) is 0 Å². The maximum Gasteiger partial charge on any atom is 0.178 e. The zero-order chi connectivity index (χ0) is 19.7. The van der Waals surface area contributed by atoms with Crippen LogP contribution in [0.5, 0.6) is 0 Å². The highest BCUT2D eigenvalue weighted by atomic mass is 32.1. The highest BCUT2D eigenvalue weighted by Gasteiger charge is 2.18. The summed E-state index contributed by atoms with van der Waals surface area (Å²) in [7, 11) is 1.98. The molecule has 0 bridgehead atoms. The first-order chi connectivity index (χ1) is 13.5. The van der Waals surface area contributed by atoms with Crippen molar-refractivity contribution in [1.82, 2.24) is 14.5 Å². The summed E-state index contributed by atoms with van der Waals surface area (Å²) in [5, 5.41) is 3.13. The van der Waals surface area contributed by atoms with Gasteiger partial charge in [-0.1, -0.05) is 18.2 Å². The molecule has 0 radical (unpaired) electrons. The fourth-order valence-corrected chi connectivity index (χ4v) is 5.23. The molecule has 4 nitrogen and oxygen atoms in total. The lowest BCUT2D eigenvalue weighted by Crippen LogP contribution is -2.25. The second-order valence-corrected chi connectivity index (χ2v) is 9.27. The molecule has 0 saturated heterocycles. The minimum atomic E-state index is 0.161. The largest absolute Gasteiger partial charge is 0.343 e. The lowest BCUT2D eigenvalue weighted by atomic mass is 10.1. The summed E-state index contributed by atoms with van der Waals surface area (Å²) in [6.45, 7) is 6.01. The Morgan fingerprint density at radius 2 is 2.00 bits per heavy atom. The summed E-state index contributed by atoms with van der Waals surface area (Å²) in [5.74, 6) is 0.161. The molecular weight excluding hydrogens is 386 g/mol. The van der Waals surface area contributed by atoms with E-state index in [2.05, 4.69) is 40.1 Å². The molecule has 6 heteroatoms. The molecule has 0 amide bonds.